The second kappa shape index (κ2) is 9.37. The van der Waals surface area contributed by atoms with Crippen LogP contribution in [0.25, 0.3) is 0 Å². The van der Waals surface area contributed by atoms with Crippen molar-refractivity contribution in [3.05, 3.63) is 59.7 Å². The van der Waals surface area contributed by atoms with Gasteiger partial charge in [-0.3, -0.25) is 13.9 Å². The molecule has 7 heteroatoms. The van der Waals surface area contributed by atoms with Gasteiger partial charge in [0.15, 0.2) is 6.10 Å². The molecule has 0 saturated carbocycles. The van der Waals surface area contributed by atoms with Gasteiger partial charge in [0.2, 0.25) is 5.78 Å². The quantitative estimate of drug-likeness (QED) is 0.493. The van der Waals surface area contributed by atoms with Gasteiger partial charge in [0.1, 0.15) is 17.1 Å². The first kappa shape index (κ1) is 19.2. The predicted molar refractivity (Wildman–Crippen MR) is 94.8 cm³/mol. The van der Waals surface area contributed by atoms with Crippen LogP contribution >= 0.6 is 8.25 Å². The molecule has 0 aliphatic carbocycles. The van der Waals surface area contributed by atoms with Gasteiger partial charge >= 0.3 is 8.25 Å². The van der Waals surface area contributed by atoms with Crippen LogP contribution in [-0.2, 0) is 13.6 Å². The number of carbonyl (C=O) groups is 1. The lowest BCUT2D eigenvalue weighted by Crippen LogP contribution is -2.16. The number of methoxy groups -OCH3 is 2. The molecule has 0 fully saturated rings. The molecule has 0 bridgehead atoms. The van der Waals surface area contributed by atoms with Crippen molar-refractivity contribution in [2.45, 2.75) is 13.0 Å². The maximum absolute atomic E-state index is 13.2. The molecule has 0 radical (unpaired) electrons. The van der Waals surface area contributed by atoms with Crippen molar-refractivity contribution >= 4 is 14.0 Å². The number of rotatable bonds is 9. The Bertz CT molecular complexity index is 709. The fourth-order valence-electron chi connectivity index (χ4n) is 2.37. The van der Waals surface area contributed by atoms with Crippen LogP contribution < -0.4 is 9.47 Å². The minimum atomic E-state index is -2.83. The molecule has 2 rings (SSSR count). The Kier molecular flexibility index (Phi) is 7.19. The molecule has 2 atom stereocenters. The van der Waals surface area contributed by atoms with Crippen molar-refractivity contribution in [2.24, 2.45) is 0 Å². The van der Waals surface area contributed by atoms with Gasteiger partial charge in [0.25, 0.3) is 0 Å². The zero-order chi connectivity index (χ0) is 18.2. The van der Waals surface area contributed by atoms with Gasteiger partial charge in [-0.2, -0.15) is 0 Å². The first-order chi connectivity index (χ1) is 12.1. The highest BCUT2D eigenvalue weighted by Gasteiger charge is 2.30. The molecule has 0 amide bonds. The molecule has 2 unspecified atom stereocenters. The molecule has 0 saturated heterocycles. The van der Waals surface area contributed by atoms with Gasteiger partial charge in [-0.15, -0.1) is 0 Å². The standard InChI is InChI=1S/C18H21O6P/c1-4-23-25(20)24-18(13-9-6-5-7-10-13)17(19)16-14(21-2)11-8-12-15(16)22-3/h5-12,18,25H,4H2,1-3H3. The average Bonchev–Trinajstić information content (AvgIpc) is 2.65. The van der Waals surface area contributed by atoms with Crippen molar-refractivity contribution in [3.63, 3.8) is 0 Å². The second-order valence-electron chi connectivity index (χ2n) is 4.99. The van der Waals surface area contributed by atoms with Crippen molar-refractivity contribution in [3.8, 4) is 11.5 Å². The second-order valence-corrected chi connectivity index (χ2v) is 6.02. The van der Waals surface area contributed by atoms with E-state index in [1.54, 1.807) is 49.4 Å². The normalized spacial score (nSPS) is 13.1. The summed E-state index contributed by atoms with van der Waals surface area (Å²) in [4.78, 5) is 13.2. The molecular formula is C18H21O6P. The molecule has 0 aliphatic heterocycles. The number of hydrogen-bond acceptors (Lipinski definition) is 6. The summed E-state index contributed by atoms with van der Waals surface area (Å²) < 4.78 is 33.0. The van der Waals surface area contributed by atoms with Crippen LogP contribution in [0.1, 0.15) is 28.9 Å². The molecule has 0 aliphatic rings. The fraction of sp³-hybridized carbons (Fsp3) is 0.278. The molecule has 2 aromatic rings. The summed E-state index contributed by atoms with van der Waals surface area (Å²) in [5, 5.41) is 0. The molecule has 0 heterocycles. The highest BCUT2D eigenvalue weighted by atomic mass is 31.1. The Morgan fingerprint density at radius 3 is 2.12 bits per heavy atom. The van der Waals surface area contributed by atoms with E-state index in [1.807, 2.05) is 6.07 Å². The maximum Gasteiger partial charge on any atom is 0.320 e. The minimum absolute atomic E-state index is 0.228. The number of carbonyl (C=O) groups excluding carboxylic acids is 1. The molecule has 134 valence electrons. The van der Waals surface area contributed by atoms with E-state index in [1.165, 1.54) is 14.2 Å². The zero-order valence-electron chi connectivity index (χ0n) is 14.4. The van der Waals surface area contributed by atoms with E-state index in [0.29, 0.717) is 17.1 Å². The number of Topliss-reactive ketones (excluding diaryl/α,β-unsaturated/α-hetero) is 1. The Labute approximate surface area is 147 Å². The Hall–Kier alpha value is -2.14. The fourth-order valence-corrected chi connectivity index (χ4v) is 3.11. The van der Waals surface area contributed by atoms with E-state index < -0.39 is 20.1 Å². The van der Waals surface area contributed by atoms with Crippen molar-refractivity contribution < 1.29 is 27.9 Å². The van der Waals surface area contributed by atoms with E-state index in [-0.39, 0.29) is 12.2 Å². The number of ketones is 1. The van der Waals surface area contributed by atoms with Crippen LogP contribution in [-0.4, -0.2) is 26.6 Å². The first-order valence-corrected chi connectivity index (χ1v) is 8.98. The summed E-state index contributed by atoms with van der Waals surface area (Å²) in [5.41, 5.74) is 0.797. The third-order valence-corrected chi connectivity index (χ3v) is 4.44. The molecule has 0 N–H and O–H groups in total. The summed E-state index contributed by atoms with van der Waals surface area (Å²) in [6, 6.07) is 13.9. The molecule has 0 spiro atoms. The van der Waals surface area contributed by atoms with E-state index >= 15 is 0 Å². The zero-order valence-corrected chi connectivity index (χ0v) is 15.4. The smallest absolute Gasteiger partial charge is 0.320 e. The van der Waals surface area contributed by atoms with Gasteiger partial charge in [-0.1, -0.05) is 36.4 Å². The van der Waals surface area contributed by atoms with E-state index in [4.69, 9.17) is 18.5 Å². The largest absolute Gasteiger partial charge is 0.496 e. The van der Waals surface area contributed by atoms with E-state index in [2.05, 4.69) is 0 Å². The van der Waals surface area contributed by atoms with Gasteiger partial charge in [-0.05, 0) is 24.6 Å². The van der Waals surface area contributed by atoms with E-state index in [9.17, 15) is 9.36 Å². The SMILES string of the molecule is CCO[PH](=O)OC(C(=O)c1c(OC)cccc1OC)c1ccccc1. The number of hydrogen-bond donors (Lipinski definition) is 0. The van der Waals surface area contributed by atoms with Crippen LogP contribution in [0.2, 0.25) is 0 Å². The number of ether oxygens (including phenoxy) is 2. The lowest BCUT2D eigenvalue weighted by Gasteiger charge is -2.19. The summed E-state index contributed by atoms with van der Waals surface area (Å²) in [5.74, 6) is 0.286. The van der Waals surface area contributed by atoms with Crippen molar-refractivity contribution in [2.75, 3.05) is 20.8 Å². The van der Waals surface area contributed by atoms with Crippen LogP contribution in [0.3, 0.4) is 0 Å². The van der Waals surface area contributed by atoms with E-state index in [0.717, 1.165) is 0 Å². The lowest BCUT2D eigenvalue weighted by molar-refractivity contribution is 0.0762. The highest BCUT2D eigenvalue weighted by molar-refractivity contribution is 7.33. The third-order valence-electron chi connectivity index (χ3n) is 3.49. The summed E-state index contributed by atoms with van der Waals surface area (Å²) >= 11 is 0. The highest BCUT2D eigenvalue weighted by Crippen LogP contribution is 2.39. The Morgan fingerprint density at radius 1 is 1.00 bits per heavy atom. The van der Waals surface area contributed by atoms with Crippen LogP contribution in [0, 0.1) is 0 Å². The van der Waals surface area contributed by atoms with Crippen LogP contribution in [0.5, 0.6) is 11.5 Å². The van der Waals surface area contributed by atoms with Gasteiger partial charge in [0.05, 0.1) is 20.8 Å². The van der Waals surface area contributed by atoms with Crippen LogP contribution in [0.15, 0.2) is 48.5 Å². The van der Waals surface area contributed by atoms with Crippen molar-refractivity contribution in [1.82, 2.24) is 0 Å². The first-order valence-electron chi connectivity index (χ1n) is 7.75. The van der Waals surface area contributed by atoms with Crippen molar-refractivity contribution in [1.29, 1.82) is 0 Å². The topological polar surface area (TPSA) is 71.1 Å². The van der Waals surface area contributed by atoms with Crippen LogP contribution in [0.4, 0.5) is 0 Å². The molecule has 2 aromatic carbocycles. The van der Waals surface area contributed by atoms with Gasteiger partial charge < -0.3 is 14.0 Å². The molecule has 6 nitrogen and oxygen atoms in total. The predicted octanol–water partition coefficient (Wildman–Crippen LogP) is 4.07. The Morgan fingerprint density at radius 2 is 1.60 bits per heavy atom. The minimum Gasteiger partial charge on any atom is -0.496 e. The summed E-state index contributed by atoms with van der Waals surface area (Å²) in [7, 11) is 0.102. The molecular weight excluding hydrogens is 343 g/mol. The third kappa shape index (κ3) is 4.69. The monoisotopic (exact) mass is 364 g/mol. The molecule has 25 heavy (non-hydrogen) atoms. The lowest BCUT2D eigenvalue weighted by atomic mass is 9.98. The summed E-state index contributed by atoms with van der Waals surface area (Å²) in [6.07, 6.45) is -1.09. The van der Waals surface area contributed by atoms with Gasteiger partial charge in [0, 0.05) is 0 Å². The van der Waals surface area contributed by atoms with Gasteiger partial charge in [-0.25, -0.2) is 0 Å². The maximum atomic E-state index is 13.2. The Balaban J connectivity index is 2.47. The summed E-state index contributed by atoms with van der Waals surface area (Å²) in [6.45, 7) is 1.93. The number of benzene rings is 2. The average molecular weight is 364 g/mol. The molecule has 0 aromatic heterocycles.